The van der Waals surface area contributed by atoms with Crippen LogP contribution < -0.4 is 5.32 Å². The fourth-order valence-electron chi connectivity index (χ4n) is 2.63. The zero-order chi connectivity index (χ0) is 15.0. The number of hydrogen-bond acceptors (Lipinski definition) is 1. The summed E-state index contributed by atoms with van der Waals surface area (Å²) in [6.07, 6.45) is 1.98. The number of halogens is 4. The Hall–Kier alpha value is -0.960. The molecule has 1 N–H and O–H groups in total. The van der Waals surface area contributed by atoms with Crippen LogP contribution in [0.2, 0.25) is 15.1 Å². The van der Waals surface area contributed by atoms with Crippen molar-refractivity contribution < 1.29 is 4.39 Å². The van der Waals surface area contributed by atoms with Crippen molar-refractivity contribution in [3.8, 4) is 0 Å². The normalized spacial score (nSPS) is 21.0. The molecule has 0 atom stereocenters. The molecule has 1 saturated carbocycles. The van der Waals surface area contributed by atoms with E-state index in [1.807, 2.05) is 12.1 Å². The average molecular weight is 345 g/mol. The number of rotatable bonds is 3. The van der Waals surface area contributed by atoms with E-state index in [1.54, 1.807) is 0 Å². The highest BCUT2D eigenvalue weighted by atomic mass is 35.5. The molecular formula is C16H13Cl3FN. The highest BCUT2D eigenvalue weighted by Gasteiger charge is 2.31. The number of hydrogen-bond donors (Lipinski definition) is 1. The summed E-state index contributed by atoms with van der Waals surface area (Å²) in [5.41, 5.74) is 1.90. The lowest BCUT2D eigenvalue weighted by molar-refractivity contribution is 0.374. The van der Waals surface area contributed by atoms with Crippen LogP contribution in [0.5, 0.6) is 0 Å². The Morgan fingerprint density at radius 2 is 1.52 bits per heavy atom. The van der Waals surface area contributed by atoms with Crippen molar-refractivity contribution in [2.75, 3.05) is 5.32 Å². The molecule has 21 heavy (non-hydrogen) atoms. The van der Waals surface area contributed by atoms with E-state index in [-0.39, 0.29) is 0 Å². The van der Waals surface area contributed by atoms with Gasteiger partial charge >= 0.3 is 0 Å². The second-order valence-corrected chi connectivity index (χ2v) is 6.56. The number of benzene rings is 2. The molecule has 0 spiro atoms. The summed E-state index contributed by atoms with van der Waals surface area (Å²) in [7, 11) is 0. The molecule has 0 saturated heterocycles. The minimum absolute atomic E-state index is 0.297. The summed E-state index contributed by atoms with van der Waals surface area (Å²) in [5.74, 6) is 0.0842. The zero-order valence-corrected chi connectivity index (χ0v) is 13.3. The largest absolute Gasteiger partial charge is 0.380 e. The molecule has 5 heteroatoms. The molecule has 0 radical (unpaired) electrons. The van der Waals surface area contributed by atoms with Crippen LogP contribution >= 0.6 is 34.8 Å². The molecule has 0 aliphatic heterocycles. The molecule has 1 aliphatic carbocycles. The SMILES string of the molecule is Fc1cc(Cl)c(NC2CC(c3ccc(Cl)cc3)C2)c(Cl)c1. The van der Waals surface area contributed by atoms with Crippen molar-refractivity contribution >= 4 is 40.5 Å². The molecule has 1 aliphatic rings. The first-order valence-corrected chi connectivity index (χ1v) is 7.83. The Morgan fingerprint density at radius 1 is 0.952 bits per heavy atom. The number of anilines is 1. The maximum absolute atomic E-state index is 13.2. The lowest BCUT2D eigenvalue weighted by Crippen LogP contribution is -2.34. The maximum Gasteiger partial charge on any atom is 0.126 e. The van der Waals surface area contributed by atoms with Gasteiger partial charge in [-0.05, 0) is 48.6 Å². The van der Waals surface area contributed by atoms with E-state index < -0.39 is 5.82 Å². The topological polar surface area (TPSA) is 12.0 Å². The third-order valence-corrected chi connectivity index (χ3v) is 4.68. The third-order valence-electron chi connectivity index (χ3n) is 3.83. The maximum atomic E-state index is 13.2. The quantitative estimate of drug-likeness (QED) is 0.704. The summed E-state index contributed by atoms with van der Waals surface area (Å²) >= 11 is 17.9. The van der Waals surface area contributed by atoms with E-state index in [4.69, 9.17) is 34.8 Å². The van der Waals surface area contributed by atoms with Crippen LogP contribution in [0.1, 0.15) is 24.3 Å². The Bertz CT molecular complexity index is 628. The molecule has 2 aromatic carbocycles. The van der Waals surface area contributed by atoms with Gasteiger partial charge in [0.15, 0.2) is 0 Å². The van der Waals surface area contributed by atoms with E-state index in [1.165, 1.54) is 17.7 Å². The van der Waals surface area contributed by atoms with Gasteiger partial charge in [0.05, 0.1) is 15.7 Å². The van der Waals surface area contributed by atoms with Crippen LogP contribution in [0.25, 0.3) is 0 Å². The Kier molecular flexibility index (Phi) is 4.30. The van der Waals surface area contributed by atoms with Gasteiger partial charge in [-0.25, -0.2) is 4.39 Å². The second kappa shape index (κ2) is 6.04. The fourth-order valence-corrected chi connectivity index (χ4v) is 3.32. The Labute approximate surface area is 138 Å². The molecule has 0 amide bonds. The first kappa shape index (κ1) is 15.0. The standard InChI is InChI=1S/C16H13Cl3FN/c17-11-3-1-9(2-4-11)10-5-13(6-10)21-16-14(18)7-12(20)8-15(16)19/h1-4,7-8,10,13,21H,5-6H2. The third kappa shape index (κ3) is 3.28. The van der Waals surface area contributed by atoms with E-state index in [9.17, 15) is 4.39 Å². The summed E-state index contributed by atoms with van der Waals surface area (Å²) in [6.45, 7) is 0. The van der Waals surface area contributed by atoms with Crippen molar-refractivity contribution in [1.82, 2.24) is 0 Å². The van der Waals surface area contributed by atoms with Crippen LogP contribution in [-0.2, 0) is 0 Å². The van der Waals surface area contributed by atoms with Gasteiger partial charge in [-0.3, -0.25) is 0 Å². The molecule has 0 heterocycles. The van der Waals surface area contributed by atoms with Gasteiger partial charge in [-0.15, -0.1) is 0 Å². The van der Waals surface area contributed by atoms with Crippen molar-refractivity contribution in [3.63, 3.8) is 0 Å². The molecule has 3 rings (SSSR count). The van der Waals surface area contributed by atoms with E-state index in [2.05, 4.69) is 17.4 Å². The van der Waals surface area contributed by atoms with Crippen molar-refractivity contribution in [3.05, 3.63) is 62.8 Å². The lowest BCUT2D eigenvalue weighted by atomic mass is 9.76. The Balaban J connectivity index is 1.64. The van der Waals surface area contributed by atoms with E-state index >= 15 is 0 Å². The zero-order valence-electron chi connectivity index (χ0n) is 11.0. The molecule has 0 unspecified atom stereocenters. The predicted octanol–water partition coefficient (Wildman–Crippen LogP) is 6.14. The number of nitrogens with one attached hydrogen (secondary N) is 1. The smallest absolute Gasteiger partial charge is 0.126 e. The lowest BCUT2D eigenvalue weighted by Gasteiger charge is -2.37. The van der Waals surface area contributed by atoms with Gasteiger partial charge in [0.2, 0.25) is 0 Å². The Morgan fingerprint density at radius 3 is 2.10 bits per heavy atom. The highest BCUT2D eigenvalue weighted by Crippen LogP contribution is 2.41. The molecule has 110 valence electrons. The first-order chi connectivity index (χ1) is 10.0. The van der Waals surface area contributed by atoms with E-state index in [0.717, 1.165) is 17.9 Å². The van der Waals surface area contributed by atoms with Crippen LogP contribution in [0.15, 0.2) is 36.4 Å². The van der Waals surface area contributed by atoms with Crippen LogP contribution in [0.3, 0.4) is 0 Å². The summed E-state index contributed by atoms with van der Waals surface area (Å²) in [5, 5.41) is 4.67. The molecule has 0 aromatic heterocycles. The van der Waals surface area contributed by atoms with Gasteiger partial charge in [0, 0.05) is 11.1 Å². The van der Waals surface area contributed by atoms with Crippen LogP contribution in [0, 0.1) is 5.82 Å². The molecule has 0 bridgehead atoms. The average Bonchev–Trinajstić information content (AvgIpc) is 2.37. The molecule has 1 nitrogen and oxygen atoms in total. The van der Waals surface area contributed by atoms with Crippen molar-refractivity contribution in [2.24, 2.45) is 0 Å². The van der Waals surface area contributed by atoms with Crippen molar-refractivity contribution in [1.29, 1.82) is 0 Å². The van der Waals surface area contributed by atoms with Crippen LogP contribution in [0.4, 0.5) is 10.1 Å². The van der Waals surface area contributed by atoms with Gasteiger partial charge in [0.25, 0.3) is 0 Å². The first-order valence-electron chi connectivity index (χ1n) is 6.69. The monoisotopic (exact) mass is 343 g/mol. The van der Waals surface area contributed by atoms with Gasteiger partial charge in [-0.1, -0.05) is 46.9 Å². The van der Waals surface area contributed by atoms with E-state index in [0.29, 0.717) is 27.7 Å². The minimum atomic E-state index is -0.428. The second-order valence-electron chi connectivity index (χ2n) is 5.31. The minimum Gasteiger partial charge on any atom is -0.380 e. The summed E-state index contributed by atoms with van der Waals surface area (Å²) < 4.78 is 13.2. The molecule has 1 fully saturated rings. The summed E-state index contributed by atoms with van der Waals surface area (Å²) in [6, 6.07) is 10.8. The summed E-state index contributed by atoms with van der Waals surface area (Å²) in [4.78, 5) is 0. The van der Waals surface area contributed by atoms with Crippen LogP contribution in [-0.4, -0.2) is 6.04 Å². The fraction of sp³-hybridized carbons (Fsp3) is 0.250. The molecular weight excluding hydrogens is 332 g/mol. The van der Waals surface area contributed by atoms with Gasteiger partial charge in [-0.2, -0.15) is 0 Å². The highest BCUT2D eigenvalue weighted by molar-refractivity contribution is 6.39. The predicted molar refractivity (Wildman–Crippen MR) is 87.3 cm³/mol. The van der Waals surface area contributed by atoms with Gasteiger partial charge < -0.3 is 5.32 Å². The van der Waals surface area contributed by atoms with Gasteiger partial charge in [0.1, 0.15) is 5.82 Å². The molecule has 2 aromatic rings. The van der Waals surface area contributed by atoms with Crippen molar-refractivity contribution in [2.45, 2.75) is 24.8 Å².